The first-order chi connectivity index (χ1) is 7.17. The van der Waals surface area contributed by atoms with Gasteiger partial charge in [0.2, 0.25) is 0 Å². The van der Waals surface area contributed by atoms with Gasteiger partial charge in [-0.1, -0.05) is 0 Å². The normalized spacial score (nSPS) is 13.9. The fourth-order valence-corrected chi connectivity index (χ4v) is 5.12. The summed E-state index contributed by atoms with van der Waals surface area (Å²) >= 11 is 0. The van der Waals surface area contributed by atoms with Crippen LogP contribution in [-0.4, -0.2) is 18.3 Å². The summed E-state index contributed by atoms with van der Waals surface area (Å²) in [7, 11) is -6.16. The van der Waals surface area contributed by atoms with Gasteiger partial charge in [0.15, 0.2) is 0 Å². The van der Waals surface area contributed by atoms with Gasteiger partial charge in [-0.15, -0.1) is 4.52 Å². The lowest BCUT2D eigenvalue weighted by Crippen LogP contribution is -2.07. The minimum Gasteiger partial charge on any atom is -0.266 e. The Kier molecular flexibility index (Phi) is 6.92. The lowest BCUT2D eigenvalue weighted by Gasteiger charge is -2.13. The molecule has 0 saturated carbocycles. The van der Waals surface area contributed by atoms with Crippen molar-refractivity contribution in [3.8, 4) is 0 Å². The topological polar surface area (TPSA) is 61.8 Å². The second-order valence-electron chi connectivity index (χ2n) is 4.17. The molecule has 0 fully saturated rings. The van der Waals surface area contributed by atoms with Crippen LogP contribution in [0.1, 0.15) is 41.5 Å². The van der Waals surface area contributed by atoms with Crippen LogP contribution in [0.25, 0.3) is 0 Å². The Morgan fingerprint density at radius 3 is 1.50 bits per heavy atom. The minimum atomic E-state index is -3.69. The van der Waals surface area contributed by atoms with Gasteiger partial charge >= 0.3 is 15.0 Å². The lowest BCUT2D eigenvalue weighted by molar-refractivity contribution is 0.148. The van der Waals surface area contributed by atoms with Gasteiger partial charge in [0.05, 0.1) is 12.2 Å². The Labute approximate surface area is 98.1 Å². The Morgan fingerprint density at radius 2 is 1.25 bits per heavy atom. The summed E-state index contributed by atoms with van der Waals surface area (Å²) < 4.78 is 39.3. The van der Waals surface area contributed by atoms with Gasteiger partial charge in [-0.3, -0.25) is 9.05 Å². The van der Waals surface area contributed by atoms with Crippen LogP contribution >= 0.6 is 15.0 Å². The molecule has 0 bridgehead atoms. The molecule has 0 heterocycles. The zero-order valence-electron chi connectivity index (χ0n) is 10.7. The van der Waals surface area contributed by atoms with Crippen LogP contribution in [0.15, 0.2) is 0 Å². The van der Waals surface area contributed by atoms with Crippen molar-refractivity contribution in [2.24, 2.45) is 0 Å². The van der Waals surface area contributed by atoms with Gasteiger partial charge in [-0.2, -0.15) is 0 Å². The molecule has 7 heteroatoms. The largest absolute Gasteiger partial charge is 0.623 e. The molecule has 0 N–H and O–H groups in total. The summed E-state index contributed by atoms with van der Waals surface area (Å²) in [5.41, 5.74) is 0. The molecule has 5 nitrogen and oxygen atoms in total. The molecule has 96 valence electrons. The average Bonchev–Trinajstić information content (AvgIpc) is 1.98. The van der Waals surface area contributed by atoms with E-state index >= 15 is 0 Å². The van der Waals surface area contributed by atoms with Crippen LogP contribution in [-0.2, 0) is 22.7 Å². The van der Waals surface area contributed by atoms with Crippen molar-refractivity contribution in [3.05, 3.63) is 0 Å². The van der Waals surface area contributed by atoms with Gasteiger partial charge in [-0.25, -0.2) is 4.57 Å². The second kappa shape index (κ2) is 6.83. The van der Waals surface area contributed by atoms with E-state index in [9.17, 15) is 9.13 Å². The maximum Gasteiger partial charge on any atom is 0.623 e. The molecule has 0 saturated heterocycles. The summed E-state index contributed by atoms with van der Waals surface area (Å²) in [6.45, 7) is 10.2. The van der Waals surface area contributed by atoms with Crippen LogP contribution in [0.2, 0.25) is 0 Å². The first-order valence-electron chi connectivity index (χ1n) is 5.28. The first-order valence-corrected chi connectivity index (χ1v) is 8.71. The molecule has 16 heavy (non-hydrogen) atoms. The van der Waals surface area contributed by atoms with Crippen molar-refractivity contribution in [2.45, 2.75) is 59.9 Å². The van der Waals surface area contributed by atoms with Gasteiger partial charge in [-0.05, 0) is 46.1 Å². The number of hydrogen-bond acceptors (Lipinski definition) is 5. The highest BCUT2D eigenvalue weighted by Gasteiger charge is 2.53. The Bertz CT molecular complexity index is 261. The van der Waals surface area contributed by atoms with E-state index in [-0.39, 0.29) is 18.3 Å². The molecule has 0 aliphatic heterocycles. The standard InChI is InChI=1S/C9H21O5P2/c1-7(2)12-15(10)16(11,13-8(3)4)14-9(5)6/h7-9H,1-6H3/q+1. The average molecular weight is 271 g/mol. The van der Waals surface area contributed by atoms with E-state index in [0.29, 0.717) is 0 Å². The quantitative estimate of drug-likeness (QED) is 0.652. The molecular formula is C9H21O5P2+. The van der Waals surface area contributed by atoms with Crippen LogP contribution < -0.4 is 0 Å². The third-order valence-electron chi connectivity index (χ3n) is 1.19. The van der Waals surface area contributed by atoms with Crippen LogP contribution in [0.3, 0.4) is 0 Å². The molecule has 1 unspecified atom stereocenters. The van der Waals surface area contributed by atoms with Gasteiger partial charge < -0.3 is 0 Å². The smallest absolute Gasteiger partial charge is 0.266 e. The van der Waals surface area contributed by atoms with Crippen molar-refractivity contribution < 1.29 is 22.7 Å². The molecular weight excluding hydrogens is 250 g/mol. The lowest BCUT2D eigenvalue weighted by atomic mass is 10.5. The van der Waals surface area contributed by atoms with Gasteiger partial charge in [0, 0.05) is 0 Å². The Balaban J connectivity index is 4.78. The summed E-state index contributed by atoms with van der Waals surface area (Å²) in [5, 5.41) is 0. The van der Waals surface area contributed by atoms with Crippen molar-refractivity contribution in [2.75, 3.05) is 0 Å². The van der Waals surface area contributed by atoms with Gasteiger partial charge in [0.25, 0.3) is 0 Å². The van der Waals surface area contributed by atoms with E-state index in [1.165, 1.54) is 0 Å². The highest BCUT2D eigenvalue weighted by molar-refractivity contribution is 8.21. The van der Waals surface area contributed by atoms with Crippen molar-refractivity contribution in [1.82, 2.24) is 0 Å². The monoisotopic (exact) mass is 271 g/mol. The summed E-state index contributed by atoms with van der Waals surface area (Å²) in [6, 6.07) is 0. The zero-order valence-corrected chi connectivity index (χ0v) is 12.5. The molecule has 0 amide bonds. The van der Waals surface area contributed by atoms with E-state index < -0.39 is 15.0 Å². The van der Waals surface area contributed by atoms with Crippen LogP contribution in [0, 0.1) is 0 Å². The minimum absolute atomic E-state index is 0.288. The number of rotatable bonds is 7. The molecule has 0 aromatic heterocycles. The number of hydrogen-bond donors (Lipinski definition) is 0. The van der Waals surface area contributed by atoms with Gasteiger partial charge in [0.1, 0.15) is 6.10 Å². The SMILES string of the molecule is CC(C)O[P+](=O)P(=O)(OC(C)C)OC(C)C. The van der Waals surface area contributed by atoms with E-state index in [1.807, 2.05) is 0 Å². The highest BCUT2D eigenvalue weighted by Crippen LogP contribution is 2.72. The molecule has 0 aromatic carbocycles. The van der Waals surface area contributed by atoms with E-state index in [0.717, 1.165) is 0 Å². The first kappa shape index (κ1) is 16.2. The summed E-state index contributed by atoms with van der Waals surface area (Å²) in [5.74, 6) is 0. The Morgan fingerprint density at radius 1 is 0.875 bits per heavy atom. The Hall–Kier alpha value is 0.210. The molecule has 0 aliphatic rings. The van der Waals surface area contributed by atoms with Crippen LogP contribution in [0.5, 0.6) is 0 Å². The predicted molar refractivity (Wildman–Crippen MR) is 63.9 cm³/mol. The molecule has 0 radical (unpaired) electrons. The molecule has 0 rings (SSSR count). The van der Waals surface area contributed by atoms with Crippen molar-refractivity contribution in [1.29, 1.82) is 0 Å². The highest BCUT2D eigenvalue weighted by atomic mass is 32.1. The zero-order chi connectivity index (χ0) is 12.9. The molecule has 1 atom stereocenters. The fraction of sp³-hybridized carbons (Fsp3) is 1.00. The second-order valence-corrected chi connectivity index (χ2v) is 8.66. The molecule has 0 spiro atoms. The fourth-order valence-electron chi connectivity index (χ4n) is 0.873. The maximum atomic E-state index is 12.2. The maximum absolute atomic E-state index is 12.2. The third-order valence-corrected chi connectivity index (χ3v) is 5.62. The van der Waals surface area contributed by atoms with Crippen LogP contribution in [0.4, 0.5) is 0 Å². The van der Waals surface area contributed by atoms with E-state index in [4.69, 9.17) is 13.6 Å². The van der Waals surface area contributed by atoms with E-state index in [1.54, 1.807) is 41.5 Å². The molecule has 0 aliphatic carbocycles. The summed E-state index contributed by atoms with van der Waals surface area (Å²) in [4.78, 5) is 0. The third kappa shape index (κ3) is 6.07. The molecule has 0 aromatic rings. The van der Waals surface area contributed by atoms with E-state index in [2.05, 4.69) is 0 Å². The predicted octanol–water partition coefficient (Wildman–Crippen LogP) is 4.11. The summed E-state index contributed by atoms with van der Waals surface area (Å²) in [6.07, 6.45) is -0.956. The van der Waals surface area contributed by atoms with Crippen molar-refractivity contribution in [3.63, 3.8) is 0 Å². The van der Waals surface area contributed by atoms with Crippen molar-refractivity contribution >= 4 is 15.0 Å².